The number of carbonyl (C=O) groups is 1. The summed E-state index contributed by atoms with van der Waals surface area (Å²) in [5.74, 6) is 0.626. The van der Waals surface area contributed by atoms with Crippen LogP contribution in [0.1, 0.15) is 21.5 Å². The summed E-state index contributed by atoms with van der Waals surface area (Å²) in [5, 5.41) is 10.4. The van der Waals surface area contributed by atoms with Crippen LogP contribution in [0.2, 0.25) is 0 Å². The lowest BCUT2D eigenvalue weighted by Crippen LogP contribution is -2.41. The first-order chi connectivity index (χ1) is 15.6. The van der Waals surface area contributed by atoms with E-state index >= 15 is 0 Å². The van der Waals surface area contributed by atoms with E-state index in [2.05, 4.69) is 12.1 Å². The number of aliphatic hydroxyl groups is 1. The van der Waals surface area contributed by atoms with Crippen molar-refractivity contribution in [3.05, 3.63) is 120 Å². The summed E-state index contributed by atoms with van der Waals surface area (Å²) in [6, 6.07) is 28.9. The molecule has 0 aliphatic carbocycles. The molecule has 4 nitrogen and oxygen atoms in total. The fourth-order valence-electron chi connectivity index (χ4n) is 3.62. The number of aromatic nitrogens is 1. The molecule has 0 aliphatic rings. The topological polar surface area (TPSA) is 50.4 Å². The number of ether oxygens (including phenoxy) is 1. The third-order valence-corrected chi connectivity index (χ3v) is 5.34. The molecular weight excluding hydrogens is 398 g/mol. The summed E-state index contributed by atoms with van der Waals surface area (Å²) < 4.78 is 7.72. The van der Waals surface area contributed by atoms with Gasteiger partial charge in [0, 0.05) is 23.3 Å². The molecule has 4 aromatic rings. The minimum atomic E-state index is -0.659. The van der Waals surface area contributed by atoms with Crippen molar-refractivity contribution in [1.82, 2.24) is 0 Å². The van der Waals surface area contributed by atoms with Crippen LogP contribution in [0, 0.1) is 6.92 Å². The molecule has 4 rings (SSSR count). The fraction of sp³-hybridized carbons (Fsp3) is 0.143. The van der Waals surface area contributed by atoms with Crippen molar-refractivity contribution in [1.29, 1.82) is 0 Å². The van der Waals surface area contributed by atoms with Crippen LogP contribution in [0.15, 0.2) is 103 Å². The van der Waals surface area contributed by atoms with Crippen molar-refractivity contribution >= 4 is 5.78 Å². The number of aryl methyl sites for hydroxylation is 1. The lowest BCUT2D eigenvalue weighted by molar-refractivity contribution is -0.703. The Kier molecular flexibility index (Phi) is 6.73. The number of ketones is 1. The van der Waals surface area contributed by atoms with Crippen LogP contribution in [0.3, 0.4) is 0 Å². The van der Waals surface area contributed by atoms with E-state index in [0.717, 1.165) is 16.7 Å². The van der Waals surface area contributed by atoms with E-state index in [1.165, 1.54) is 0 Å². The van der Waals surface area contributed by atoms with Crippen LogP contribution >= 0.6 is 0 Å². The maximum atomic E-state index is 12.7. The number of pyridine rings is 1. The standard InChI is InChI=1S/C28H26NO3/c1-21-18-26(12-13-27(21)28(31)24-10-6-3-7-11-24)32-20-25(30)19-29-16-14-23(15-17-29)22-8-4-2-5-9-22/h2-18,25,30H,19-20H2,1H3/q+1. The molecule has 1 atom stereocenters. The number of nitrogens with zero attached hydrogens (tertiary/aromatic N) is 1. The molecule has 0 spiro atoms. The van der Waals surface area contributed by atoms with Gasteiger partial charge in [-0.15, -0.1) is 0 Å². The molecule has 0 saturated heterocycles. The van der Waals surface area contributed by atoms with Gasteiger partial charge in [-0.05, 0) is 41.8 Å². The average molecular weight is 425 g/mol. The Balaban J connectivity index is 1.33. The van der Waals surface area contributed by atoms with E-state index in [4.69, 9.17) is 4.74 Å². The predicted octanol–water partition coefficient (Wildman–Crippen LogP) is 4.62. The largest absolute Gasteiger partial charge is 0.491 e. The maximum absolute atomic E-state index is 12.7. The summed E-state index contributed by atoms with van der Waals surface area (Å²) in [5.41, 5.74) is 4.45. The van der Waals surface area contributed by atoms with Gasteiger partial charge in [-0.3, -0.25) is 4.79 Å². The maximum Gasteiger partial charge on any atom is 0.193 e. The Morgan fingerprint density at radius 1 is 0.875 bits per heavy atom. The van der Waals surface area contributed by atoms with Gasteiger partial charge in [-0.25, -0.2) is 4.57 Å². The third-order valence-electron chi connectivity index (χ3n) is 5.34. The number of hydrogen-bond acceptors (Lipinski definition) is 3. The van der Waals surface area contributed by atoms with Crippen LogP contribution in [0.25, 0.3) is 11.1 Å². The van der Waals surface area contributed by atoms with Crippen molar-refractivity contribution < 1.29 is 19.2 Å². The molecule has 3 aromatic carbocycles. The van der Waals surface area contributed by atoms with E-state index in [-0.39, 0.29) is 12.4 Å². The summed E-state index contributed by atoms with van der Waals surface area (Å²) >= 11 is 0. The minimum absolute atomic E-state index is 0.00923. The molecule has 0 fully saturated rings. The molecule has 0 aliphatic heterocycles. The lowest BCUT2D eigenvalue weighted by atomic mass is 9.99. The Labute approximate surface area is 188 Å². The quantitative estimate of drug-likeness (QED) is 0.332. The van der Waals surface area contributed by atoms with Crippen molar-refractivity contribution in [3.63, 3.8) is 0 Å². The fourth-order valence-corrected chi connectivity index (χ4v) is 3.62. The summed E-state index contributed by atoms with van der Waals surface area (Å²) in [7, 11) is 0. The average Bonchev–Trinajstić information content (AvgIpc) is 2.84. The highest BCUT2D eigenvalue weighted by atomic mass is 16.5. The van der Waals surface area contributed by atoms with Crippen LogP contribution in [0.4, 0.5) is 0 Å². The van der Waals surface area contributed by atoms with E-state index in [0.29, 0.717) is 23.4 Å². The monoisotopic (exact) mass is 424 g/mol. The van der Waals surface area contributed by atoms with Crippen LogP contribution in [-0.2, 0) is 6.54 Å². The predicted molar refractivity (Wildman–Crippen MR) is 125 cm³/mol. The van der Waals surface area contributed by atoms with E-state index < -0.39 is 6.10 Å². The molecule has 1 N–H and O–H groups in total. The van der Waals surface area contributed by atoms with Crippen molar-refractivity contribution in [3.8, 4) is 16.9 Å². The zero-order valence-corrected chi connectivity index (χ0v) is 18.0. The van der Waals surface area contributed by atoms with Gasteiger partial charge in [0.25, 0.3) is 0 Å². The molecule has 1 unspecified atom stereocenters. The van der Waals surface area contributed by atoms with Gasteiger partial charge in [-0.2, -0.15) is 0 Å². The SMILES string of the molecule is Cc1cc(OCC(O)C[n+]2ccc(-c3ccccc3)cc2)ccc1C(=O)c1ccccc1. The second kappa shape index (κ2) is 10.0. The summed E-state index contributed by atoms with van der Waals surface area (Å²) in [4.78, 5) is 12.7. The van der Waals surface area contributed by atoms with Gasteiger partial charge in [0.1, 0.15) is 18.5 Å². The second-order valence-electron chi connectivity index (χ2n) is 7.79. The molecule has 0 bridgehead atoms. The van der Waals surface area contributed by atoms with E-state index in [9.17, 15) is 9.90 Å². The highest BCUT2D eigenvalue weighted by Crippen LogP contribution is 2.20. The van der Waals surface area contributed by atoms with Gasteiger partial charge in [0.2, 0.25) is 0 Å². The zero-order chi connectivity index (χ0) is 22.3. The molecular formula is C28H26NO3+. The van der Waals surface area contributed by atoms with Crippen LogP contribution < -0.4 is 9.30 Å². The molecule has 0 saturated carbocycles. The van der Waals surface area contributed by atoms with Crippen LogP contribution in [0.5, 0.6) is 5.75 Å². The first kappa shape index (κ1) is 21.5. The molecule has 1 aromatic heterocycles. The first-order valence-electron chi connectivity index (χ1n) is 10.7. The smallest absolute Gasteiger partial charge is 0.193 e. The minimum Gasteiger partial charge on any atom is -0.491 e. The molecule has 4 heteroatoms. The molecule has 0 radical (unpaired) electrons. The Bertz CT molecular complexity index is 1170. The number of rotatable bonds is 8. The van der Waals surface area contributed by atoms with E-state index in [1.807, 2.05) is 90.6 Å². The second-order valence-corrected chi connectivity index (χ2v) is 7.79. The Hall–Kier alpha value is -3.76. The summed E-state index contributed by atoms with van der Waals surface area (Å²) in [6.07, 6.45) is 3.26. The zero-order valence-electron chi connectivity index (χ0n) is 18.0. The molecule has 1 heterocycles. The van der Waals surface area contributed by atoms with Crippen LogP contribution in [-0.4, -0.2) is 23.6 Å². The highest BCUT2D eigenvalue weighted by Gasteiger charge is 2.15. The lowest BCUT2D eigenvalue weighted by Gasteiger charge is -2.12. The number of benzene rings is 3. The number of hydrogen-bond donors (Lipinski definition) is 1. The summed E-state index contributed by atoms with van der Waals surface area (Å²) in [6.45, 7) is 2.49. The molecule has 0 amide bonds. The van der Waals surface area contributed by atoms with Gasteiger partial charge >= 0.3 is 0 Å². The van der Waals surface area contributed by atoms with Crippen molar-refractivity contribution in [2.45, 2.75) is 19.6 Å². The van der Waals surface area contributed by atoms with Gasteiger partial charge < -0.3 is 9.84 Å². The normalized spacial score (nSPS) is 11.7. The Morgan fingerprint density at radius 2 is 1.50 bits per heavy atom. The van der Waals surface area contributed by atoms with E-state index in [1.54, 1.807) is 12.1 Å². The highest BCUT2D eigenvalue weighted by molar-refractivity contribution is 6.09. The first-order valence-corrected chi connectivity index (χ1v) is 10.7. The number of aliphatic hydroxyl groups excluding tert-OH is 1. The van der Waals surface area contributed by atoms with Gasteiger partial charge in [-0.1, -0.05) is 60.7 Å². The van der Waals surface area contributed by atoms with Gasteiger partial charge in [0.05, 0.1) is 0 Å². The van der Waals surface area contributed by atoms with Crippen molar-refractivity contribution in [2.24, 2.45) is 0 Å². The molecule has 160 valence electrons. The Morgan fingerprint density at radius 3 is 2.16 bits per heavy atom. The number of carbonyl (C=O) groups excluding carboxylic acids is 1. The van der Waals surface area contributed by atoms with Gasteiger partial charge in [0.15, 0.2) is 24.7 Å². The third kappa shape index (κ3) is 5.29. The molecule has 32 heavy (non-hydrogen) atoms. The van der Waals surface area contributed by atoms with Crippen molar-refractivity contribution in [2.75, 3.05) is 6.61 Å².